The smallest absolute Gasteiger partial charge is 0.185 e. The Balaban J connectivity index is 2.12. The van der Waals surface area contributed by atoms with Gasteiger partial charge in [0.2, 0.25) is 0 Å². The molecule has 0 aromatic carbocycles. The molecule has 0 spiro atoms. The first-order chi connectivity index (χ1) is 4.12. The van der Waals surface area contributed by atoms with Crippen molar-refractivity contribution in [3.05, 3.63) is 0 Å². The van der Waals surface area contributed by atoms with Crippen molar-refractivity contribution in [2.75, 3.05) is 5.75 Å². The molecule has 1 rings (SSSR count). The van der Waals surface area contributed by atoms with Gasteiger partial charge in [-0.1, -0.05) is 18.7 Å². The van der Waals surface area contributed by atoms with Crippen molar-refractivity contribution in [2.24, 2.45) is 5.41 Å². The molecule has 0 N–H and O–H groups in total. The molecule has 9 heavy (non-hydrogen) atoms. The highest BCUT2D eigenvalue weighted by atomic mass is 32.2. The molecule has 0 atom stereocenters. The minimum absolute atomic E-state index is 0.253. The van der Waals surface area contributed by atoms with Crippen LogP contribution in [0.1, 0.15) is 26.7 Å². The molecule has 0 saturated heterocycles. The molecule has 0 amide bonds. The lowest BCUT2D eigenvalue weighted by atomic mass is 10.2. The van der Waals surface area contributed by atoms with Crippen molar-refractivity contribution in [3.8, 4) is 0 Å². The lowest BCUT2D eigenvalue weighted by Gasteiger charge is -2.02. The van der Waals surface area contributed by atoms with E-state index >= 15 is 0 Å². The van der Waals surface area contributed by atoms with E-state index in [1.54, 1.807) is 6.92 Å². The van der Waals surface area contributed by atoms with Crippen LogP contribution in [0, 0.1) is 5.41 Å². The van der Waals surface area contributed by atoms with E-state index in [0.717, 1.165) is 5.75 Å². The predicted molar refractivity (Wildman–Crippen MR) is 40.5 cm³/mol. The number of hydrogen-bond acceptors (Lipinski definition) is 2. The van der Waals surface area contributed by atoms with E-state index in [2.05, 4.69) is 6.92 Å². The van der Waals surface area contributed by atoms with E-state index < -0.39 is 0 Å². The van der Waals surface area contributed by atoms with Crippen molar-refractivity contribution in [3.63, 3.8) is 0 Å². The molecule has 0 aromatic rings. The van der Waals surface area contributed by atoms with E-state index in [1.807, 2.05) is 0 Å². The van der Waals surface area contributed by atoms with Crippen LogP contribution in [0.4, 0.5) is 0 Å². The van der Waals surface area contributed by atoms with Crippen LogP contribution in [0.3, 0.4) is 0 Å². The van der Waals surface area contributed by atoms with Gasteiger partial charge in [0.05, 0.1) is 0 Å². The van der Waals surface area contributed by atoms with E-state index in [4.69, 9.17) is 0 Å². The second kappa shape index (κ2) is 2.33. The molecule has 0 heterocycles. The molecule has 1 saturated carbocycles. The maximum Gasteiger partial charge on any atom is 0.185 e. The monoisotopic (exact) mass is 144 g/mol. The number of thioether (sulfide) groups is 1. The molecular formula is C7H12OS. The zero-order valence-electron chi connectivity index (χ0n) is 5.94. The Kier molecular flexibility index (Phi) is 1.85. The maximum atomic E-state index is 10.5. The Bertz CT molecular complexity index is 127. The van der Waals surface area contributed by atoms with Crippen molar-refractivity contribution in [1.29, 1.82) is 0 Å². The lowest BCUT2D eigenvalue weighted by molar-refractivity contribution is -0.109. The zero-order chi connectivity index (χ0) is 6.91. The molecule has 0 radical (unpaired) electrons. The van der Waals surface area contributed by atoms with Gasteiger partial charge < -0.3 is 0 Å². The van der Waals surface area contributed by atoms with Crippen molar-refractivity contribution in [1.82, 2.24) is 0 Å². The van der Waals surface area contributed by atoms with Crippen LogP contribution in [-0.4, -0.2) is 10.9 Å². The van der Waals surface area contributed by atoms with Gasteiger partial charge in [-0.3, -0.25) is 4.79 Å². The molecular weight excluding hydrogens is 132 g/mol. The van der Waals surface area contributed by atoms with Gasteiger partial charge in [0.25, 0.3) is 0 Å². The fraction of sp³-hybridized carbons (Fsp3) is 0.857. The molecule has 1 aliphatic rings. The van der Waals surface area contributed by atoms with Gasteiger partial charge in [0.1, 0.15) is 0 Å². The minimum Gasteiger partial charge on any atom is -0.288 e. The summed E-state index contributed by atoms with van der Waals surface area (Å²) >= 11 is 1.46. The van der Waals surface area contributed by atoms with Gasteiger partial charge in [-0.25, -0.2) is 0 Å². The van der Waals surface area contributed by atoms with Crippen molar-refractivity contribution < 1.29 is 4.79 Å². The summed E-state index contributed by atoms with van der Waals surface area (Å²) in [6.45, 7) is 3.87. The second-order valence-corrected chi connectivity index (χ2v) is 4.24. The van der Waals surface area contributed by atoms with E-state index in [9.17, 15) is 4.79 Å². The third-order valence-electron chi connectivity index (χ3n) is 1.73. The fourth-order valence-corrected chi connectivity index (χ4v) is 1.47. The Labute approximate surface area is 60.2 Å². The third-order valence-corrected chi connectivity index (χ3v) is 2.98. The molecule has 1 fully saturated rings. The maximum absolute atomic E-state index is 10.5. The first-order valence-electron chi connectivity index (χ1n) is 3.26. The highest BCUT2D eigenvalue weighted by Gasteiger charge is 2.37. The summed E-state index contributed by atoms with van der Waals surface area (Å²) in [5.41, 5.74) is 0.524. The van der Waals surface area contributed by atoms with Gasteiger partial charge in [0.15, 0.2) is 5.12 Å². The van der Waals surface area contributed by atoms with Gasteiger partial charge in [0, 0.05) is 12.7 Å². The SMILES string of the molecule is CC(=O)SCC1(C)CC1. The van der Waals surface area contributed by atoms with Crippen LogP contribution in [-0.2, 0) is 4.79 Å². The van der Waals surface area contributed by atoms with Crippen LogP contribution in [0.25, 0.3) is 0 Å². The van der Waals surface area contributed by atoms with Gasteiger partial charge in [-0.15, -0.1) is 0 Å². The molecule has 0 aliphatic heterocycles. The van der Waals surface area contributed by atoms with Crippen molar-refractivity contribution in [2.45, 2.75) is 26.7 Å². The summed E-state index contributed by atoms with van der Waals surface area (Å²) in [6.07, 6.45) is 2.63. The lowest BCUT2D eigenvalue weighted by Crippen LogP contribution is -1.98. The van der Waals surface area contributed by atoms with E-state index in [1.165, 1.54) is 24.6 Å². The summed E-state index contributed by atoms with van der Waals surface area (Å²) in [6, 6.07) is 0. The molecule has 0 aromatic heterocycles. The zero-order valence-corrected chi connectivity index (χ0v) is 6.75. The van der Waals surface area contributed by atoms with Crippen molar-refractivity contribution >= 4 is 16.9 Å². The Hall–Kier alpha value is 0.0200. The predicted octanol–water partition coefficient (Wildman–Crippen LogP) is 2.07. The molecule has 1 nitrogen and oxygen atoms in total. The minimum atomic E-state index is 0.253. The highest BCUT2D eigenvalue weighted by molar-refractivity contribution is 8.13. The summed E-state index contributed by atoms with van der Waals surface area (Å²) in [7, 11) is 0. The Morgan fingerprint density at radius 2 is 2.22 bits per heavy atom. The van der Waals surface area contributed by atoms with Crippen LogP contribution < -0.4 is 0 Å². The highest BCUT2D eigenvalue weighted by Crippen LogP contribution is 2.47. The number of hydrogen-bond donors (Lipinski definition) is 0. The molecule has 1 aliphatic carbocycles. The summed E-state index contributed by atoms with van der Waals surface area (Å²) in [4.78, 5) is 10.5. The molecule has 2 heteroatoms. The topological polar surface area (TPSA) is 17.1 Å². The second-order valence-electron chi connectivity index (χ2n) is 3.09. The summed E-state index contributed by atoms with van der Waals surface area (Å²) in [5, 5.41) is 0.253. The van der Waals surface area contributed by atoms with Gasteiger partial charge >= 0.3 is 0 Å². The van der Waals surface area contributed by atoms with Gasteiger partial charge in [-0.2, -0.15) is 0 Å². The molecule has 0 unspecified atom stereocenters. The average molecular weight is 144 g/mol. The van der Waals surface area contributed by atoms with Crippen LogP contribution in [0.15, 0.2) is 0 Å². The largest absolute Gasteiger partial charge is 0.288 e. The number of carbonyl (C=O) groups excluding carboxylic acids is 1. The fourth-order valence-electron chi connectivity index (χ4n) is 0.634. The summed E-state index contributed by atoms with van der Waals surface area (Å²) < 4.78 is 0. The normalized spacial score (nSPS) is 21.6. The standard InChI is InChI=1S/C7H12OS/c1-6(8)9-5-7(2)3-4-7/h3-5H2,1-2H3. The average Bonchev–Trinajstić information content (AvgIpc) is 2.45. The molecule has 52 valence electrons. The number of rotatable bonds is 2. The summed E-state index contributed by atoms with van der Waals surface area (Å²) in [5.74, 6) is 1.03. The van der Waals surface area contributed by atoms with Crippen LogP contribution in [0.2, 0.25) is 0 Å². The van der Waals surface area contributed by atoms with Gasteiger partial charge in [-0.05, 0) is 18.3 Å². The first-order valence-corrected chi connectivity index (χ1v) is 4.24. The van der Waals surface area contributed by atoms with E-state index in [-0.39, 0.29) is 5.12 Å². The van der Waals surface area contributed by atoms with Crippen LogP contribution >= 0.6 is 11.8 Å². The molecule has 0 bridgehead atoms. The Morgan fingerprint density at radius 3 is 2.56 bits per heavy atom. The quantitative estimate of drug-likeness (QED) is 0.590. The Morgan fingerprint density at radius 1 is 1.67 bits per heavy atom. The first kappa shape index (κ1) is 7.13. The number of carbonyl (C=O) groups is 1. The van der Waals surface area contributed by atoms with E-state index in [0.29, 0.717) is 5.41 Å². The van der Waals surface area contributed by atoms with Crippen LogP contribution in [0.5, 0.6) is 0 Å². The third kappa shape index (κ3) is 2.39.